The van der Waals surface area contributed by atoms with E-state index in [1.54, 1.807) is 24.3 Å². The third-order valence-corrected chi connectivity index (χ3v) is 5.96. The molecule has 3 N–H and O–H groups in total. The van der Waals surface area contributed by atoms with Crippen LogP contribution in [0.15, 0.2) is 77.1 Å². The highest BCUT2D eigenvalue weighted by Gasteiger charge is 2.47. The highest BCUT2D eigenvalue weighted by Crippen LogP contribution is 2.43. The van der Waals surface area contributed by atoms with Crippen molar-refractivity contribution in [3.63, 3.8) is 0 Å². The summed E-state index contributed by atoms with van der Waals surface area (Å²) in [5, 5.41) is 26.4. The lowest BCUT2D eigenvalue weighted by molar-refractivity contribution is -0.384. The van der Waals surface area contributed by atoms with Crippen molar-refractivity contribution >= 4 is 17.6 Å². The van der Waals surface area contributed by atoms with Crippen LogP contribution in [0.4, 0.5) is 18.9 Å². The molecule has 0 aliphatic carbocycles. The second-order valence-electron chi connectivity index (χ2n) is 8.84. The molecule has 0 bridgehead atoms. The second kappa shape index (κ2) is 13.8. The van der Waals surface area contributed by atoms with Crippen molar-refractivity contribution in [3.8, 4) is 5.75 Å². The van der Waals surface area contributed by atoms with E-state index >= 15 is 0 Å². The molecule has 2 unspecified atom stereocenters. The zero-order chi connectivity index (χ0) is 30.2. The Morgan fingerprint density at radius 2 is 1.83 bits per heavy atom. The van der Waals surface area contributed by atoms with Crippen LogP contribution in [0.1, 0.15) is 18.4 Å². The molecule has 0 aromatic heterocycles. The Hall–Kier alpha value is -4.43. The number of aliphatic hydroxyl groups is 1. The van der Waals surface area contributed by atoms with Gasteiger partial charge in [-0.1, -0.05) is 30.3 Å². The van der Waals surface area contributed by atoms with Crippen molar-refractivity contribution in [1.29, 1.82) is 0 Å². The van der Waals surface area contributed by atoms with Crippen LogP contribution < -0.4 is 15.4 Å². The SMILES string of the molecule is COC(=O)C1=C(C(F)(F)F)NC(C)=C(C(=O)OCCNCC(O)COc2ccccc2)C1c1cccc([N+](=O)[O-])c1. The number of carbonyl (C=O) groups is 2. The predicted molar refractivity (Wildman–Crippen MR) is 139 cm³/mol. The maximum absolute atomic E-state index is 14.0. The van der Waals surface area contributed by atoms with Crippen LogP contribution in [-0.2, 0) is 19.1 Å². The van der Waals surface area contributed by atoms with Crippen LogP contribution in [-0.4, -0.2) is 67.7 Å². The number of carbonyl (C=O) groups excluding carboxylic acids is 2. The van der Waals surface area contributed by atoms with Crippen molar-refractivity contribution in [2.45, 2.75) is 25.1 Å². The number of dihydropyridines is 1. The number of para-hydroxylation sites is 1. The van der Waals surface area contributed by atoms with Gasteiger partial charge in [0.25, 0.3) is 5.69 Å². The van der Waals surface area contributed by atoms with Crippen LogP contribution >= 0.6 is 0 Å². The number of non-ortho nitro benzene ring substituents is 1. The van der Waals surface area contributed by atoms with Gasteiger partial charge in [-0.25, -0.2) is 9.59 Å². The topological polar surface area (TPSA) is 149 Å². The van der Waals surface area contributed by atoms with Crippen molar-refractivity contribution in [2.75, 3.05) is 33.4 Å². The monoisotopic (exact) mass is 579 g/mol. The highest BCUT2D eigenvalue weighted by molar-refractivity contribution is 6.00. The van der Waals surface area contributed by atoms with Gasteiger partial charge in [0.05, 0.1) is 29.1 Å². The van der Waals surface area contributed by atoms with E-state index in [1.165, 1.54) is 19.1 Å². The average molecular weight is 580 g/mol. The van der Waals surface area contributed by atoms with E-state index in [0.717, 1.165) is 19.2 Å². The maximum Gasteiger partial charge on any atom is 0.431 e. The van der Waals surface area contributed by atoms with E-state index in [0.29, 0.717) is 5.75 Å². The van der Waals surface area contributed by atoms with E-state index in [-0.39, 0.29) is 43.1 Å². The molecular weight excluding hydrogens is 551 g/mol. The predicted octanol–water partition coefficient (Wildman–Crippen LogP) is 3.12. The second-order valence-corrected chi connectivity index (χ2v) is 8.84. The van der Waals surface area contributed by atoms with Crippen molar-refractivity contribution in [3.05, 3.63) is 92.8 Å². The first-order valence-electron chi connectivity index (χ1n) is 12.3. The van der Waals surface area contributed by atoms with E-state index in [1.807, 2.05) is 6.07 Å². The molecular formula is C27H28F3N3O8. The Kier molecular flexibility index (Phi) is 10.4. The number of esters is 2. The van der Waals surface area contributed by atoms with Crippen LogP contribution in [0.3, 0.4) is 0 Å². The number of nitrogens with zero attached hydrogens (tertiary/aromatic N) is 1. The minimum Gasteiger partial charge on any atom is -0.491 e. The fourth-order valence-electron chi connectivity index (χ4n) is 4.13. The molecule has 11 nitrogen and oxygen atoms in total. The van der Waals surface area contributed by atoms with Gasteiger partial charge in [0.15, 0.2) is 0 Å². The Morgan fingerprint density at radius 1 is 1.12 bits per heavy atom. The van der Waals surface area contributed by atoms with Gasteiger partial charge in [-0.3, -0.25) is 10.1 Å². The van der Waals surface area contributed by atoms with Gasteiger partial charge in [-0.15, -0.1) is 0 Å². The Labute approximate surface area is 232 Å². The zero-order valence-corrected chi connectivity index (χ0v) is 22.1. The molecule has 41 heavy (non-hydrogen) atoms. The van der Waals surface area contributed by atoms with Gasteiger partial charge in [-0.05, 0) is 24.6 Å². The molecule has 2 aromatic carbocycles. The van der Waals surface area contributed by atoms with Gasteiger partial charge in [0.1, 0.15) is 30.8 Å². The van der Waals surface area contributed by atoms with Gasteiger partial charge in [-0.2, -0.15) is 13.2 Å². The van der Waals surface area contributed by atoms with Gasteiger partial charge >= 0.3 is 18.1 Å². The smallest absolute Gasteiger partial charge is 0.431 e. The number of halogens is 3. The summed E-state index contributed by atoms with van der Waals surface area (Å²) in [6.07, 6.45) is -5.93. The van der Waals surface area contributed by atoms with Crippen LogP contribution in [0.25, 0.3) is 0 Å². The summed E-state index contributed by atoms with van der Waals surface area (Å²) >= 11 is 0. The van der Waals surface area contributed by atoms with Crippen molar-refractivity contribution < 1.29 is 47.0 Å². The largest absolute Gasteiger partial charge is 0.491 e. The quantitative estimate of drug-likeness (QED) is 0.148. The summed E-state index contributed by atoms with van der Waals surface area (Å²) < 4.78 is 57.3. The fourth-order valence-corrected chi connectivity index (χ4v) is 4.13. The molecule has 0 amide bonds. The molecule has 1 aliphatic heterocycles. The molecule has 0 radical (unpaired) electrons. The highest BCUT2D eigenvalue weighted by atomic mass is 19.4. The minimum absolute atomic E-state index is 0.00359. The molecule has 1 heterocycles. The molecule has 14 heteroatoms. The molecule has 1 aliphatic rings. The zero-order valence-electron chi connectivity index (χ0n) is 22.1. The lowest BCUT2D eigenvalue weighted by Gasteiger charge is -2.31. The van der Waals surface area contributed by atoms with E-state index in [4.69, 9.17) is 9.47 Å². The Morgan fingerprint density at radius 3 is 2.46 bits per heavy atom. The van der Waals surface area contributed by atoms with Crippen molar-refractivity contribution in [2.24, 2.45) is 0 Å². The number of rotatable bonds is 12. The minimum atomic E-state index is -5.05. The number of ether oxygens (including phenoxy) is 3. The third kappa shape index (κ3) is 8.05. The number of hydrogen-bond donors (Lipinski definition) is 3. The summed E-state index contributed by atoms with van der Waals surface area (Å²) in [5.74, 6) is -3.54. The Bertz CT molecular complexity index is 1330. The number of aliphatic hydroxyl groups excluding tert-OH is 1. The van der Waals surface area contributed by atoms with Gasteiger partial charge in [0, 0.05) is 30.9 Å². The molecule has 0 saturated heterocycles. The maximum atomic E-state index is 14.0. The number of benzene rings is 2. The number of allylic oxidation sites excluding steroid dienone is 2. The molecule has 220 valence electrons. The number of nitrogens with one attached hydrogen (secondary N) is 2. The molecule has 2 aromatic rings. The van der Waals surface area contributed by atoms with Crippen LogP contribution in [0.2, 0.25) is 0 Å². The summed E-state index contributed by atoms with van der Waals surface area (Å²) in [6, 6.07) is 13.4. The first kappa shape index (κ1) is 31.1. The van der Waals surface area contributed by atoms with Crippen LogP contribution in [0.5, 0.6) is 5.75 Å². The lowest BCUT2D eigenvalue weighted by atomic mass is 9.80. The van der Waals surface area contributed by atoms with Gasteiger partial charge < -0.3 is 30.0 Å². The average Bonchev–Trinajstić information content (AvgIpc) is 2.94. The number of methoxy groups -OCH3 is 1. The number of hydrogen-bond acceptors (Lipinski definition) is 10. The Balaban J connectivity index is 1.76. The standard InChI is InChI=1S/C27H28F3N3O8/c1-16-21(26(36)40-12-11-31-14-19(34)15-41-20-9-4-3-5-10-20)22(17-7-6-8-18(13-17)33(37)38)23(25(35)39-2)24(32-16)27(28,29)30/h3-10,13,19,22,31-32,34H,11-12,14-15H2,1-2H3. The molecule has 2 atom stereocenters. The van der Waals surface area contributed by atoms with E-state index in [2.05, 4.69) is 15.4 Å². The summed E-state index contributed by atoms with van der Waals surface area (Å²) in [5.41, 5.74) is -3.58. The number of nitro benzene ring substituents is 1. The molecule has 0 saturated carbocycles. The molecule has 0 fully saturated rings. The van der Waals surface area contributed by atoms with Crippen LogP contribution in [0, 0.1) is 10.1 Å². The molecule has 3 rings (SSSR count). The normalized spacial score (nSPS) is 16.1. The van der Waals surface area contributed by atoms with Gasteiger partial charge in [0.2, 0.25) is 0 Å². The lowest BCUT2D eigenvalue weighted by Crippen LogP contribution is -2.39. The van der Waals surface area contributed by atoms with Crippen molar-refractivity contribution in [1.82, 2.24) is 10.6 Å². The number of alkyl halides is 3. The first-order valence-corrected chi connectivity index (χ1v) is 12.3. The summed E-state index contributed by atoms with van der Waals surface area (Å²) in [6.45, 7) is 1.12. The third-order valence-electron chi connectivity index (χ3n) is 5.96. The number of nitro groups is 1. The fraction of sp³-hybridized carbons (Fsp3) is 0.333. The first-order chi connectivity index (χ1) is 19.4. The molecule has 0 spiro atoms. The van der Waals surface area contributed by atoms with E-state index < -0.39 is 52.0 Å². The summed E-state index contributed by atoms with van der Waals surface area (Å²) in [4.78, 5) is 36.4. The van der Waals surface area contributed by atoms with E-state index in [9.17, 15) is 38.0 Å². The summed E-state index contributed by atoms with van der Waals surface area (Å²) in [7, 11) is 0.877.